The molecule has 0 aliphatic rings. The van der Waals surface area contributed by atoms with Gasteiger partial charge in [0.1, 0.15) is 6.33 Å². The summed E-state index contributed by atoms with van der Waals surface area (Å²) in [6, 6.07) is 24.8. The molecule has 25 heavy (non-hydrogen) atoms. The molecule has 2 heterocycles. The highest BCUT2D eigenvalue weighted by molar-refractivity contribution is 7.25. The summed E-state index contributed by atoms with van der Waals surface area (Å²) in [5, 5.41) is 2.47. The molecule has 0 saturated carbocycles. The van der Waals surface area contributed by atoms with E-state index in [1.165, 1.54) is 20.2 Å². The Labute approximate surface area is 148 Å². The molecule has 3 nitrogen and oxygen atoms in total. The lowest BCUT2D eigenvalue weighted by Crippen LogP contribution is -1.95. The van der Waals surface area contributed by atoms with Crippen LogP contribution in [0.2, 0.25) is 0 Å². The highest BCUT2D eigenvalue weighted by Gasteiger charge is 2.13. The zero-order valence-corrected chi connectivity index (χ0v) is 14.1. The predicted molar refractivity (Wildman–Crippen MR) is 104 cm³/mol. The van der Waals surface area contributed by atoms with Gasteiger partial charge >= 0.3 is 0 Å². The fourth-order valence-corrected chi connectivity index (χ4v) is 4.25. The van der Waals surface area contributed by atoms with Crippen molar-refractivity contribution in [3.63, 3.8) is 0 Å². The Morgan fingerprint density at radius 3 is 2.32 bits per heavy atom. The van der Waals surface area contributed by atoms with Crippen molar-refractivity contribution in [2.24, 2.45) is 0 Å². The summed E-state index contributed by atoms with van der Waals surface area (Å²) >= 11 is 1.80. The van der Waals surface area contributed by atoms with E-state index in [-0.39, 0.29) is 0 Å². The average molecular weight is 339 g/mol. The van der Waals surface area contributed by atoms with Crippen LogP contribution in [0.4, 0.5) is 0 Å². The van der Waals surface area contributed by atoms with Crippen LogP contribution >= 0.6 is 11.3 Å². The number of thiophene rings is 1. The van der Waals surface area contributed by atoms with E-state index in [1.54, 1.807) is 17.7 Å². The Morgan fingerprint density at radius 1 is 0.640 bits per heavy atom. The molecule has 5 rings (SSSR count). The minimum absolute atomic E-state index is 0.696. The first-order valence-corrected chi connectivity index (χ1v) is 8.87. The lowest BCUT2D eigenvalue weighted by Gasteiger charge is -2.05. The first kappa shape index (κ1) is 14.3. The third-order valence-electron chi connectivity index (χ3n) is 4.25. The lowest BCUT2D eigenvalue weighted by molar-refractivity contribution is 1.07. The second kappa shape index (κ2) is 5.76. The number of hydrogen-bond acceptors (Lipinski definition) is 4. The first-order chi connectivity index (χ1) is 12.4. The van der Waals surface area contributed by atoms with Crippen LogP contribution in [0.25, 0.3) is 42.9 Å². The summed E-state index contributed by atoms with van der Waals surface area (Å²) in [6.45, 7) is 0. The molecule has 0 unspecified atom stereocenters. The number of rotatable bonds is 2. The third kappa shape index (κ3) is 2.39. The number of nitrogens with zero attached hydrogens (tertiary/aromatic N) is 3. The summed E-state index contributed by atoms with van der Waals surface area (Å²) in [6.07, 6.45) is 1.60. The molecular formula is C21H13N3S. The van der Waals surface area contributed by atoms with Gasteiger partial charge in [0, 0.05) is 31.3 Å². The van der Waals surface area contributed by atoms with Gasteiger partial charge in [-0.3, -0.25) is 0 Å². The molecule has 118 valence electrons. The number of fused-ring (bicyclic) bond motifs is 3. The van der Waals surface area contributed by atoms with Gasteiger partial charge in [-0.15, -0.1) is 11.3 Å². The molecule has 0 amide bonds. The van der Waals surface area contributed by atoms with Gasteiger partial charge < -0.3 is 0 Å². The van der Waals surface area contributed by atoms with Gasteiger partial charge in [-0.25, -0.2) is 15.0 Å². The van der Waals surface area contributed by atoms with E-state index in [0.717, 1.165) is 11.1 Å². The minimum atomic E-state index is 0.696. The van der Waals surface area contributed by atoms with Gasteiger partial charge in [0.2, 0.25) is 0 Å². The van der Waals surface area contributed by atoms with Crippen LogP contribution < -0.4 is 0 Å². The zero-order chi connectivity index (χ0) is 16.6. The Morgan fingerprint density at radius 2 is 1.40 bits per heavy atom. The van der Waals surface area contributed by atoms with Gasteiger partial charge in [0.25, 0.3) is 0 Å². The fourth-order valence-electron chi connectivity index (χ4n) is 3.11. The van der Waals surface area contributed by atoms with E-state index in [2.05, 4.69) is 52.4 Å². The van der Waals surface area contributed by atoms with Gasteiger partial charge in [-0.1, -0.05) is 60.7 Å². The molecule has 0 bridgehead atoms. The second-order valence-electron chi connectivity index (χ2n) is 5.78. The van der Waals surface area contributed by atoms with E-state index in [0.29, 0.717) is 11.6 Å². The monoisotopic (exact) mass is 339 g/mol. The quantitative estimate of drug-likeness (QED) is 0.422. The molecule has 0 spiro atoms. The molecule has 3 aromatic carbocycles. The summed E-state index contributed by atoms with van der Waals surface area (Å²) in [5.41, 5.74) is 2.04. The molecule has 0 fully saturated rings. The summed E-state index contributed by atoms with van der Waals surface area (Å²) in [4.78, 5) is 13.5. The highest BCUT2D eigenvalue weighted by atomic mass is 32.1. The Kier molecular flexibility index (Phi) is 3.28. The van der Waals surface area contributed by atoms with E-state index >= 15 is 0 Å². The molecule has 2 aromatic heterocycles. The van der Waals surface area contributed by atoms with Crippen LogP contribution in [0.1, 0.15) is 0 Å². The maximum Gasteiger partial charge on any atom is 0.164 e. The first-order valence-electron chi connectivity index (χ1n) is 8.05. The van der Waals surface area contributed by atoms with E-state index in [1.807, 2.05) is 30.3 Å². The summed E-state index contributed by atoms with van der Waals surface area (Å²) in [7, 11) is 0. The van der Waals surface area contributed by atoms with Crippen molar-refractivity contribution < 1.29 is 0 Å². The van der Waals surface area contributed by atoms with Gasteiger partial charge in [0.15, 0.2) is 11.6 Å². The normalized spacial score (nSPS) is 11.2. The second-order valence-corrected chi connectivity index (χ2v) is 6.86. The van der Waals surface area contributed by atoms with Crippen LogP contribution in [-0.2, 0) is 0 Å². The molecule has 0 aliphatic carbocycles. The predicted octanol–water partition coefficient (Wildman–Crippen LogP) is 5.57. The minimum Gasteiger partial charge on any atom is -0.217 e. The highest BCUT2D eigenvalue weighted by Crippen LogP contribution is 2.38. The van der Waals surface area contributed by atoms with Crippen LogP contribution in [0, 0.1) is 0 Å². The number of aromatic nitrogens is 3. The molecular weight excluding hydrogens is 326 g/mol. The largest absolute Gasteiger partial charge is 0.217 e. The standard InChI is InChI=1S/C21H13N3S/c1-2-7-14(8-3-1)20-22-13-23-21(24-20)16-10-6-12-18-19(16)15-9-4-5-11-17(15)25-18/h1-13H. The fraction of sp³-hybridized carbons (Fsp3) is 0. The maximum absolute atomic E-state index is 4.73. The van der Waals surface area contributed by atoms with Crippen LogP contribution in [0.15, 0.2) is 79.1 Å². The zero-order valence-electron chi connectivity index (χ0n) is 13.3. The molecule has 0 aliphatic heterocycles. The summed E-state index contributed by atoms with van der Waals surface area (Å²) in [5.74, 6) is 1.41. The topological polar surface area (TPSA) is 38.7 Å². The SMILES string of the molecule is c1ccc(-c2ncnc(-c3cccc4sc5ccccc5c34)n2)cc1. The molecule has 4 heteroatoms. The molecule has 0 atom stereocenters. The number of benzene rings is 3. The van der Waals surface area contributed by atoms with Crippen LogP contribution in [-0.4, -0.2) is 15.0 Å². The van der Waals surface area contributed by atoms with Gasteiger partial charge in [-0.05, 0) is 12.1 Å². The van der Waals surface area contributed by atoms with E-state index in [4.69, 9.17) is 4.98 Å². The van der Waals surface area contributed by atoms with Crippen LogP contribution in [0.3, 0.4) is 0 Å². The van der Waals surface area contributed by atoms with Crippen molar-refractivity contribution in [2.75, 3.05) is 0 Å². The Hall–Kier alpha value is -3.11. The van der Waals surface area contributed by atoms with Crippen molar-refractivity contribution in [1.82, 2.24) is 15.0 Å². The van der Waals surface area contributed by atoms with Crippen molar-refractivity contribution in [1.29, 1.82) is 0 Å². The van der Waals surface area contributed by atoms with E-state index in [9.17, 15) is 0 Å². The number of hydrogen-bond donors (Lipinski definition) is 0. The Bertz CT molecular complexity index is 1200. The van der Waals surface area contributed by atoms with Crippen molar-refractivity contribution in [3.05, 3.63) is 79.1 Å². The van der Waals surface area contributed by atoms with Crippen molar-refractivity contribution >= 4 is 31.5 Å². The third-order valence-corrected chi connectivity index (χ3v) is 5.38. The van der Waals surface area contributed by atoms with Gasteiger partial charge in [0.05, 0.1) is 0 Å². The Balaban J connectivity index is 1.77. The van der Waals surface area contributed by atoms with Crippen LogP contribution in [0.5, 0.6) is 0 Å². The van der Waals surface area contributed by atoms with Crippen molar-refractivity contribution in [2.45, 2.75) is 0 Å². The summed E-state index contributed by atoms with van der Waals surface area (Å²) < 4.78 is 2.53. The van der Waals surface area contributed by atoms with E-state index < -0.39 is 0 Å². The molecule has 0 radical (unpaired) electrons. The maximum atomic E-state index is 4.73. The van der Waals surface area contributed by atoms with Crippen molar-refractivity contribution in [3.8, 4) is 22.8 Å². The van der Waals surface area contributed by atoms with Gasteiger partial charge in [-0.2, -0.15) is 0 Å². The average Bonchev–Trinajstić information content (AvgIpc) is 3.07. The lowest BCUT2D eigenvalue weighted by atomic mass is 10.1. The smallest absolute Gasteiger partial charge is 0.164 e. The molecule has 0 saturated heterocycles. The molecule has 0 N–H and O–H groups in total. The molecule has 5 aromatic rings.